The summed E-state index contributed by atoms with van der Waals surface area (Å²) in [6, 6.07) is 6.27. The second kappa shape index (κ2) is 11.1. The number of ether oxygens (including phenoxy) is 1. The summed E-state index contributed by atoms with van der Waals surface area (Å²) in [5, 5.41) is 21.0. The Morgan fingerprint density at radius 2 is 2.03 bits per heavy atom. The number of rotatable bonds is 10. The maximum Gasteiger partial charge on any atom is 0.222 e. The maximum atomic E-state index is 12.5. The first-order valence-electron chi connectivity index (χ1n) is 12.7. The van der Waals surface area contributed by atoms with Gasteiger partial charge in [0.05, 0.1) is 12.2 Å². The highest BCUT2D eigenvalue weighted by molar-refractivity contribution is 5.76. The standard InChI is InChI=1S/C28H43NO4/c1-6-7-8-13-20(30)16-17-21-23(31)18-24-26(21)22-14-9-11-19(27(22)33-24)12-10-15-25(32)29(5)28(2,3)4/h9,11,14,16-17,20-21,23-24,26,30-31H,6-8,10,12-13,15,18H2,1-5H3/b17-16+/t20-,21-,23+,24-,26-/m0/s1. The van der Waals surface area contributed by atoms with Crippen LogP contribution in [0.3, 0.4) is 0 Å². The topological polar surface area (TPSA) is 70.0 Å². The summed E-state index contributed by atoms with van der Waals surface area (Å²) in [7, 11) is 1.87. The lowest BCUT2D eigenvalue weighted by Crippen LogP contribution is -2.42. The van der Waals surface area contributed by atoms with Crippen LogP contribution in [0.15, 0.2) is 30.4 Å². The fourth-order valence-corrected chi connectivity index (χ4v) is 5.09. The van der Waals surface area contributed by atoms with Crippen LogP contribution in [0.1, 0.15) is 89.7 Å². The third kappa shape index (κ3) is 6.19. The Labute approximate surface area is 199 Å². The summed E-state index contributed by atoms with van der Waals surface area (Å²) in [5.74, 6) is 1.17. The minimum Gasteiger partial charge on any atom is -0.489 e. The Hall–Kier alpha value is -1.85. The molecule has 0 saturated heterocycles. The predicted octanol–water partition coefficient (Wildman–Crippen LogP) is 4.99. The molecular formula is C28H43NO4. The molecule has 2 N–H and O–H groups in total. The Balaban J connectivity index is 1.65. The molecule has 1 aliphatic heterocycles. The van der Waals surface area contributed by atoms with E-state index in [1.807, 2.05) is 44.9 Å². The molecule has 0 aromatic heterocycles. The molecule has 5 heteroatoms. The van der Waals surface area contributed by atoms with E-state index in [2.05, 4.69) is 25.1 Å². The highest BCUT2D eigenvalue weighted by Gasteiger charge is 2.48. The Morgan fingerprint density at radius 1 is 1.27 bits per heavy atom. The molecule has 5 nitrogen and oxygen atoms in total. The van der Waals surface area contributed by atoms with E-state index in [0.29, 0.717) is 12.8 Å². The number of fused-ring (bicyclic) bond motifs is 3. The van der Waals surface area contributed by atoms with Gasteiger partial charge in [0.15, 0.2) is 0 Å². The number of hydrogen-bond acceptors (Lipinski definition) is 4. The zero-order valence-electron chi connectivity index (χ0n) is 21.1. The monoisotopic (exact) mass is 457 g/mol. The van der Waals surface area contributed by atoms with Gasteiger partial charge in [0.25, 0.3) is 0 Å². The van der Waals surface area contributed by atoms with Crippen LogP contribution in [0, 0.1) is 5.92 Å². The number of hydrogen-bond donors (Lipinski definition) is 2. The van der Waals surface area contributed by atoms with Crippen molar-refractivity contribution in [3.63, 3.8) is 0 Å². The molecule has 2 aliphatic rings. The van der Waals surface area contributed by atoms with Gasteiger partial charge in [0, 0.05) is 42.8 Å². The average Bonchev–Trinajstić information content (AvgIpc) is 3.26. The molecule has 0 spiro atoms. The van der Waals surface area contributed by atoms with Crippen LogP contribution < -0.4 is 4.74 Å². The lowest BCUT2D eigenvalue weighted by molar-refractivity contribution is -0.134. The van der Waals surface area contributed by atoms with Gasteiger partial charge < -0.3 is 19.8 Å². The number of benzene rings is 1. The Kier molecular flexibility index (Phi) is 8.63. The van der Waals surface area contributed by atoms with E-state index in [1.54, 1.807) is 0 Å². The second-order valence-electron chi connectivity index (χ2n) is 10.8. The van der Waals surface area contributed by atoms with Crippen molar-refractivity contribution < 1.29 is 19.7 Å². The molecule has 184 valence electrons. The van der Waals surface area contributed by atoms with Crippen LogP contribution in [0.5, 0.6) is 5.75 Å². The van der Waals surface area contributed by atoms with Gasteiger partial charge in [-0.2, -0.15) is 0 Å². The molecule has 1 fully saturated rings. The van der Waals surface area contributed by atoms with Crippen LogP contribution in [0.2, 0.25) is 0 Å². The van der Waals surface area contributed by atoms with E-state index in [0.717, 1.165) is 55.4 Å². The highest BCUT2D eigenvalue weighted by atomic mass is 16.5. The smallest absolute Gasteiger partial charge is 0.222 e. The van der Waals surface area contributed by atoms with Gasteiger partial charge >= 0.3 is 0 Å². The summed E-state index contributed by atoms with van der Waals surface area (Å²) >= 11 is 0. The molecule has 1 aromatic carbocycles. The normalized spacial score (nSPS) is 25.1. The van der Waals surface area contributed by atoms with Crippen molar-refractivity contribution in [2.45, 2.75) is 109 Å². The average molecular weight is 458 g/mol. The molecule has 1 heterocycles. The fraction of sp³-hybridized carbons (Fsp3) is 0.679. The van der Waals surface area contributed by atoms with E-state index in [9.17, 15) is 15.0 Å². The first-order chi connectivity index (χ1) is 15.6. The van der Waals surface area contributed by atoms with Crippen LogP contribution in [0.25, 0.3) is 0 Å². The third-order valence-electron chi connectivity index (χ3n) is 7.36. The summed E-state index contributed by atoms with van der Waals surface area (Å²) in [5.41, 5.74) is 2.13. The fourth-order valence-electron chi connectivity index (χ4n) is 5.09. The lowest BCUT2D eigenvalue weighted by atomic mass is 9.86. The summed E-state index contributed by atoms with van der Waals surface area (Å²) in [6.07, 6.45) is 9.69. The van der Waals surface area contributed by atoms with E-state index in [1.165, 1.54) is 0 Å². The Bertz CT molecular complexity index is 828. The minimum absolute atomic E-state index is 0.0308. The molecule has 33 heavy (non-hydrogen) atoms. The minimum atomic E-state index is -0.459. The first-order valence-corrected chi connectivity index (χ1v) is 12.7. The maximum absolute atomic E-state index is 12.5. The molecule has 3 rings (SSSR count). The van der Waals surface area contributed by atoms with Crippen LogP contribution in [0.4, 0.5) is 0 Å². The molecule has 0 radical (unpaired) electrons. The van der Waals surface area contributed by atoms with Gasteiger partial charge in [0.1, 0.15) is 11.9 Å². The van der Waals surface area contributed by atoms with Gasteiger partial charge in [-0.1, -0.05) is 56.5 Å². The van der Waals surface area contributed by atoms with Crippen molar-refractivity contribution in [2.24, 2.45) is 5.92 Å². The van der Waals surface area contributed by atoms with Crippen LogP contribution in [-0.2, 0) is 11.2 Å². The number of nitrogens with zero attached hydrogens (tertiary/aromatic N) is 1. The van der Waals surface area contributed by atoms with Crippen molar-refractivity contribution in [1.29, 1.82) is 0 Å². The SMILES string of the molecule is CCCCC[C@H](O)/C=C/[C@@H]1[C@H]2c3cccc(CCCC(=O)N(C)C(C)(C)C)c3O[C@H]2C[C@H]1O. The number of aryl methyl sites for hydroxylation is 1. The van der Waals surface area contributed by atoms with Crippen LogP contribution >= 0.6 is 0 Å². The molecular weight excluding hydrogens is 414 g/mol. The van der Waals surface area contributed by atoms with Crippen molar-refractivity contribution in [3.05, 3.63) is 41.5 Å². The van der Waals surface area contributed by atoms with Gasteiger partial charge in [-0.15, -0.1) is 0 Å². The highest BCUT2D eigenvalue weighted by Crippen LogP contribution is 2.52. The first kappa shape index (κ1) is 25.8. The molecule has 1 saturated carbocycles. The van der Waals surface area contributed by atoms with E-state index >= 15 is 0 Å². The summed E-state index contributed by atoms with van der Waals surface area (Å²) in [6.45, 7) is 8.30. The molecule has 1 amide bonds. The van der Waals surface area contributed by atoms with Crippen molar-refractivity contribution in [1.82, 2.24) is 4.90 Å². The summed E-state index contributed by atoms with van der Waals surface area (Å²) in [4.78, 5) is 14.3. The molecule has 0 unspecified atom stereocenters. The van der Waals surface area contributed by atoms with Gasteiger partial charge in [-0.3, -0.25) is 4.79 Å². The third-order valence-corrected chi connectivity index (χ3v) is 7.36. The summed E-state index contributed by atoms with van der Waals surface area (Å²) < 4.78 is 6.36. The number of unbranched alkanes of at least 4 members (excludes halogenated alkanes) is 2. The van der Waals surface area contributed by atoms with Gasteiger partial charge in [-0.25, -0.2) is 0 Å². The number of carbonyl (C=O) groups excluding carboxylic acids is 1. The number of carbonyl (C=O) groups is 1. The van der Waals surface area contributed by atoms with Crippen LogP contribution in [-0.4, -0.2) is 51.9 Å². The lowest BCUT2D eigenvalue weighted by Gasteiger charge is -2.32. The van der Waals surface area contributed by atoms with E-state index in [-0.39, 0.29) is 29.4 Å². The molecule has 1 aliphatic carbocycles. The number of aliphatic hydroxyl groups is 2. The van der Waals surface area contributed by atoms with Crippen molar-refractivity contribution >= 4 is 5.91 Å². The number of aliphatic hydroxyl groups excluding tert-OH is 2. The molecule has 5 atom stereocenters. The van der Waals surface area contributed by atoms with E-state index in [4.69, 9.17) is 4.74 Å². The second-order valence-corrected chi connectivity index (χ2v) is 10.8. The Morgan fingerprint density at radius 3 is 2.73 bits per heavy atom. The molecule has 1 aromatic rings. The van der Waals surface area contributed by atoms with Gasteiger partial charge in [-0.05, 0) is 45.6 Å². The van der Waals surface area contributed by atoms with Gasteiger partial charge in [0.2, 0.25) is 5.91 Å². The molecule has 0 bridgehead atoms. The number of amides is 1. The zero-order valence-corrected chi connectivity index (χ0v) is 21.1. The quantitative estimate of drug-likeness (QED) is 0.384. The predicted molar refractivity (Wildman–Crippen MR) is 132 cm³/mol. The number of para-hydroxylation sites is 1. The van der Waals surface area contributed by atoms with E-state index < -0.39 is 12.2 Å². The largest absolute Gasteiger partial charge is 0.489 e. The van der Waals surface area contributed by atoms with Crippen molar-refractivity contribution in [2.75, 3.05) is 7.05 Å². The zero-order chi connectivity index (χ0) is 24.2. The van der Waals surface area contributed by atoms with Crippen molar-refractivity contribution in [3.8, 4) is 5.75 Å².